The monoisotopic (exact) mass is 457 g/mol. The Morgan fingerprint density at radius 3 is 2.33 bits per heavy atom. The topological polar surface area (TPSA) is 101 Å². The maximum absolute atomic E-state index is 12.9. The number of carbonyl (C=O) groups excluding carboxylic acids is 2. The van der Waals surface area contributed by atoms with Crippen molar-refractivity contribution >= 4 is 23.0 Å². The Labute approximate surface area is 187 Å². The molecule has 2 aliphatic heterocycles. The number of carbonyl (C=O) groups is 2. The number of amides is 2. The van der Waals surface area contributed by atoms with Crippen LogP contribution in [-0.2, 0) is 11.3 Å². The molecule has 0 bridgehead atoms. The summed E-state index contributed by atoms with van der Waals surface area (Å²) in [6.07, 6.45) is -0.424. The zero-order chi connectivity index (χ0) is 22.9. The number of halogens is 2. The molecule has 2 unspecified atom stereocenters. The molecule has 2 fully saturated rings. The molecule has 0 saturated carbocycles. The lowest BCUT2D eigenvalue weighted by atomic mass is 10.0. The third-order valence-electron chi connectivity index (χ3n) is 6.11. The second-order valence-electron chi connectivity index (χ2n) is 8.24. The minimum Gasteiger partial charge on any atom is -0.445 e. The molecule has 11 heteroatoms. The predicted molar refractivity (Wildman–Crippen MR) is 112 cm³/mol. The number of hydrogen-bond donors (Lipinski definition) is 1. The lowest BCUT2D eigenvalue weighted by molar-refractivity contribution is -0.0498. The lowest BCUT2D eigenvalue weighted by Gasteiger charge is -2.21. The number of ether oxygens (including phenoxy) is 2. The third-order valence-corrected chi connectivity index (χ3v) is 6.11. The van der Waals surface area contributed by atoms with Gasteiger partial charge in [-0.1, -0.05) is 12.1 Å². The molecule has 9 nitrogen and oxygen atoms in total. The van der Waals surface area contributed by atoms with Gasteiger partial charge in [0.2, 0.25) is 0 Å². The molecule has 3 heterocycles. The summed E-state index contributed by atoms with van der Waals surface area (Å²) in [5.41, 5.74) is 2.59. The van der Waals surface area contributed by atoms with Crippen LogP contribution in [0.2, 0.25) is 0 Å². The first-order chi connectivity index (χ1) is 16.0. The van der Waals surface area contributed by atoms with Crippen LogP contribution in [0.1, 0.15) is 15.9 Å². The van der Waals surface area contributed by atoms with E-state index in [2.05, 4.69) is 20.1 Å². The Hall–Kier alpha value is -3.76. The van der Waals surface area contributed by atoms with Crippen LogP contribution in [-0.4, -0.2) is 70.0 Å². The third kappa shape index (κ3) is 4.43. The van der Waals surface area contributed by atoms with Gasteiger partial charge in [-0.15, -0.1) is 0 Å². The fourth-order valence-corrected chi connectivity index (χ4v) is 4.47. The fraction of sp³-hybridized carbons (Fsp3) is 0.364. The van der Waals surface area contributed by atoms with Crippen LogP contribution in [0.15, 0.2) is 42.5 Å². The maximum atomic E-state index is 12.9. The van der Waals surface area contributed by atoms with E-state index in [0.29, 0.717) is 48.3 Å². The van der Waals surface area contributed by atoms with E-state index in [4.69, 9.17) is 4.74 Å². The number of alkyl halides is 2. The first-order valence-corrected chi connectivity index (χ1v) is 10.5. The van der Waals surface area contributed by atoms with Crippen molar-refractivity contribution in [2.45, 2.75) is 13.2 Å². The molecule has 33 heavy (non-hydrogen) atoms. The fourth-order valence-electron chi connectivity index (χ4n) is 4.47. The molecule has 0 spiro atoms. The van der Waals surface area contributed by atoms with E-state index in [-0.39, 0.29) is 30.1 Å². The van der Waals surface area contributed by atoms with Crippen LogP contribution < -0.4 is 4.74 Å². The molecular weight excluding hydrogens is 436 g/mol. The van der Waals surface area contributed by atoms with Crippen LogP contribution in [0, 0.1) is 11.8 Å². The van der Waals surface area contributed by atoms with Gasteiger partial charge in [-0.2, -0.15) is 24.2 Å². The van der Waals surface area contributed by atoms with Gasteiger partial charge in [0.15, 0.2) is 0 Å². The van der Waals surface area contributed by atoms with Gasteiger partial charge in [0, 0.05) is 43.6 Å². The summed E-state index contributed by atoms with van der Waals surface area (Å²) < 4.78 is 34.1. The smallest absolute Gasteiger partial charge is 0.410 e. The van der Waals surface area contributed by atoms with E-state index in [0.717, 1.165) is 0 Å². The second kappa shape index (κ2) is 8.64. The number of likely N-dealkylation sites (tertiary alicyclic amines) is 2. The van der Waals surface area contributed by atoms with E-state index < -0.39 is 12.7 Å². The Kier molecular flexibility index (Phi) is 5.53. The van der Waals surface area contributed by atoms with Crippen molar-refractivity contribution in [1.29, 1.82) is 0 Å². The zero-order valence-corrected chi connectivity index (χ0v) is 17.5. The second-order valence-corrected chi connectivity index (χ2v) is 8.24. The van der Waals surface area contributed by atoms with Gasteiger partial charge in [-0.05, 0) is 35.9 Å². The Morgan fingerprint density at radius 2 is 1.64 bits per heavy atom. The molecule has 2 atom stereocenters. The highest BCUT2D eigenvalue weighted by atomic mass is 19.3. The average molecular weight is 457 g/mol. The van der Waals surface area contributed by atoms with Crippen LogP contribution in [0.25, 0.3) is 11.0 Å². The summed E-state index contributed by atoms with van der Waals surface area (Å²) in [6, 6.07) is 11.2. The van der Waals surface area contributed by atoms with Crippen molar-refractivity contribution in [3.63, 3.8) is 0 Å². The summed E-state index contributed by atoms with van der Waals surface area (Å²) in [6.45, 7) is -0.639. The maximum Gasteiger partial charge on any atom is 0.410 e. The molecule has 172 valence electrons. The molecule has 2 aliphatic rings. The first kappa shape index (κ1) is 21.1. The molecule has 2 saturated heterocycles. The van der Waals surface area contributed by atoms with Crippen LogP contribution in [0.3, 0.4) is 0 Å². The molecular formula is C22H21F2N5O4. The number of hydrogen-bond acceptors (Lipinski definition) is 6. The summed E-state index contributed by atoms with van der Waals surface area (Å²) in [7, 11) is 0. The van der Waals surface area contributed by atoms with Crippen molar-refractivity contribution in [3.8, 4) is 5.75 Å². The van der Waals surface area contributed by atoms with Gasteiger partial charge in [0.25, 0.3) is 5.91 Å². The number of rotatable bonds is 5. The van der Waals surface area contributed by atoms with E-state index in [1.54, 1.807) is 35.2 Å². The normalized spacial score (nSPS) is 19.8. The minimum absolute atomic E-state index is 0.0365. The highest BCUT2D eigenvalue weighted by molar-refractivity contribution is 5.97. The standard InChI is InChI=1S/C22H21F2N5O4/c23-21(24)33-17-4-1-13(2-5-17)12-32-22(31)29-10-15-8-28(9-16(15)11-29)20(30)14-3-6-18-19(7-14)26-27-25-18/h1-7,15-16,21H,8-12H2,(H,25,26,27). The number of fused-ring (bicyclic) bond motifs is 2. The number of aromatic amines is 1. The quantitative estimate of drug-likeness (QED) is 0.632. The van der Waals surface area contributed by atoms with Gasteiger partial charge in [-0.25, -0.2) is 4.79 Å². The van der Waals surface area contributed by atoms with E-state index in [1.807, 2.05) is 4.90 Å². The summed E-state index contributed by atoms with van der Waals surface area (Å²) in [4.78, 5) is 28.9. The Morgan fingerprint density at radius 1 is 0.970 bits per heavy atom. The van der Waals surface area contributed by atoms with Crippen LogP contribution in [0.5, 0.6) is 5.75 Å². The van der Waals surface area contributed by atoms with Crippen molar-refractivity contribution in [3.05, 3.63) is 53.6 Å². The zero-order valence-electron chi connectivity index (χ0n) is 17.5. The largest absolute Gasteiger partial charge is 0.445 e. The molecule has 2 amide bonds. The van der Waals surface area contributed by atoms with Crippen molar-refractivity contribution in [2.24, 2.45) is 11.8 Å². The Bertz CT molecular complexity index is 1160. The highest BCUT2D eigenvalue weighted by Gasteiger charge is 2.43. The minimum atomic E-state index is -2.88. The van der Waals surface area contributed by atoms with Crippen molar-refractivity contribution < 1.29 is 27.8 Å². The molecule has 1 aromatic heterocycles. The van der Waals surface area contributed by atoms with Crippen molar-refractivity contribution in [2.75, 3.05) is 26.2 Å². The van der Waals surface area contributed by atoms with Gasteiger partial charge in [0.1, 0.15) is 23.4 Å². The summed E-state index contributed by atoms with van der Waals surface area (Å²) >= 11 is 0. The van der Waals surface area contributed by atoms with Crippen LogP contribution in [0.4, 0.5) is 13.6 Å². The van der Waals surface area contributed by atoms with Crippen molar-refractivity contribution in [1.82, 2.24) is 25.2 Å². The summed E-state index contributed by atoms with van der Waals surface area (Å²) in [5.74, 6) is 0.390. The van der Waals surface area contributed by atoms with Gasteiger partial charge in [0.05, 0.1) is 0 Å². The number of benzene rings is 2. The van der Waals surface area contributed by atoms with E-state index in [1.165, 1.54) is 12.1 Å². The summed E-state index contributed by atoms with van der Waals surface area (Å²) in [5, 5.41) is 10.6. The first-order valence-electron chi connectivity index (χ1n) is 10.5. The predicted octanol–water partition coefficient (Wildman–Crippen LogP) is 2.90. The Balaban J connectivity index is 1.12. The molecule has 0 aliphatic carbocycles. The molecule has 2 aromatic carbocycles. The highest BCUT2D eigenvalue weighted by Crippen LogP contribution is 2.32. The molecule has 0 radical (unpaired) electrons. The molecule has 3 aromatic rings. The molecule has 1 N–H and O–H groups in total. The molecule has 5 rings (SSSR count). The van der Waals surface area contributed by atoms with Gasteiger partial charge < -0.3 is 19.3 Å². The lowest BCUT2D eigenvalue weighted by Crippen LogP contribution is -2.35. The van der Waals surface area contributed by atoms with E-state index in [9.17, 15) is 18.4 Å². The number of nitrogens with one attached hydrogen (secondary N) is 1. The number of H-pyrrole nitrogens is 1. The van der Waals surface area contributed by atoms with Gasteiger partial charge in [-0.3, -0.25) is 4.79 Å². The average Bonchev–Trinajstić information content (AvgIpc) is 3.51. The van der Waals surface area contributed by atoms with E-state index >= 15 is 0 Å². The van der Waals surface area contributed by atoms with Gasteiger partial charge >= 0.3 is 12.7 Å². The SMILES string of the molecule is O=C(OCc1ccc(OC(F)F)cc1)N1CC2CN(C(=O)c3ccc4n[nH]nc4c3)CC2C1. The number of nitrogens with zero attached hydrogens (tertiary/aromatic N) is 4. The van der Waals surface area contributed by atoms with Crippen LogP contribution >= 0.6 is 0 Å². The number of aromatic nitrogens is 3.